The van der Waals surface area contributed by atoms with Crippen molar-refractivity contribution in [2.24, 2.45) is 0 Å². The standard InChI is InChI=1S/C8H13N3/c1-2-8(3-1)9-4-7-5-10-11-6-7/h5-6,8-9H,1-4H2,(H,10,11). The average Bonchev–Trinajstić information content (AvgIpc) is 2.36. The summed E-state index contributed by atoms with van der Waals surface area (Å²) in [7, 11) is 0. The Kier molecular flexibility index (Phi) is 1.90. The third-order valence-corrected chi connectivity index (χ3v) is 2.25. The van der Waals surface area contributed by atoms with Gasteiger partial charge in [0.05, 0.1) is 6.20 Å². The molecule has 0 aliphatic heterocycles. The van der Waals surface area contributed by atoms with Crippen molar-refractivity contribution < 1.29 is 0 Å². The monoisotopic (exact) mass is 151 g/mol. The maximum absolute atomic E-state index is 3.88. The number of H-pyrrole nitrogens is 1. The van der Waals surface area contributed by atoms with Crippen LogP contribution < -0.4 is 5.32 Å². The van der Waals surface area contributed by atoms with Gasteiger partial charge in [-0.3, -0.25) is 5.10 Å². The van der Waals surface area contributed by atoms with Crippen LogP contribution in [0.15, 0.2) is 12.4 Å². The second-order valence-electron chi connectivity index (χ2n) is 3.12. The maximum Gasteiger partial charge on any atom is 0.0532 e. The van der Waals surface area contributed by atoms with Crippen LogP contribution in [0.2, 0.25) is 0 Å². The van der Waals surface area contributed by atoms with Gasteiger partial charge in [-0.05, 0) is 12.8 Å². The van der Waals surface area contributed by atoms with E-state index in [0.717, 1.165) is 12.6 Å². The van der Waals surface area contributed by atoms with Crippen LogP contribution in [-0.4, -0.2) is 16.2 Å². The number of hydrogen-bond donors (Lipinski definition) is 2. The number of nitrogens with one attached hydrogen (secondary N) is 2. The van der Waals surface area contributed by atoms with Gasteiger partial charge in [-0.2, -0.15) is 5.10 Å². The Bertz CT molecular complexity index is 201. The molecule has 0 bridgehead atoms. The number of aromatic nitrogens is 2. The van der Waals surface area contributed by atoms with Crippen molar-refractivity contribution in [2.75, 3.05) is 0 Å². The van der Waals surface area contributed by atoms with Gasteiger partial charge in [0.1, 0.15) is 0 Å². The second-order valence-corrected chi connectivity index (χ2v) is 3.12. The van der Waals surface area contributed by atoms with Crippen molar-refractivity contribution in [2.45, 2.75) is 31.8 Å². The lowest BCUT2D eigenvalue weighted by atomic mass is 9.93. The van der Waals surface area contributed by atoms with Crippen LogP contribution in [0.4, 0.5) is 0 Å². The van der Waals surface area contributed by atoms with E-state index in [4.69, 9.17) is 0 Å². The SMILES string of the molecule is c1n[nH]cc1CNC1CCC1. The first-order valence-electron chi connectivity index (χ1n) is 4.16. The molecular formula is C8H13N3. The zero-order chi connectivity index (χ0) is 7.52. The predicted molar refractivity (Wildman–Crippen MR) is 43.1 cm³/mol. The van der Waals surface area contributed by atoms with E-state index in [2.05, 4.69) is 15.5 Å². The van der Waals surface area contributed by atoms with E-state index in [1.807, 2.05) is 12.4 Å². The van der Waals surface area contributed by atoms with Gasteiger partial charge in [-0.25, -0.2) is 0 Å². The molecule has 0 spiro atoms. The number of aromatic amines is 1. The Morgan fingerprint density at radius 2 is 2.55 bits per heavy atom. The minimum Gasteiger partial charge on any atom is -0.310 e. The van der Waals surface area contributed by atoms with Gasteiger partial charge in [0, 0.05) is 24.3 Å². The van der Waals surface area contributed by atoms with Crippen molar-refractivity contribution in [1.82, 2.24) is 15.5 Å². The molecule has 1 heterocycles. The molecule has 11 heavy (non-hydrogen) atoms. The number of rotatable bonds is 3. The van der Waals surface area contributed by atoms with E-state index in [-0.39, 0.29) is 0 Å². The average molecular weight is 151 g/mol. The van der Waals surface area contributed by atoms with Crippen molar-refractivity contribution >= 4 is 0 Å². The fourth-order valence-electron chi connectivity index (χ4n) is 1.25. The summed E-state index contributed by atoms with van der Waals surface area (Å²) in [5, 5.41) is 10.1. The molecule has 60 valence electrons. The molecule has 0 saturated heterocycles. The van der Waals surface area contributed by atoms with E-state index in [9.17, 15) is 0 Å². The Morgan fingerprint density at radius 1 is 1.64 bits per heavy atom. The van der Waals surface area contributed by atoms with E-state index in [0.29, 0.717) is 0 Å². The van der Waals surface area contributed by atoms with Crippen molar-refractivity contribution in [3.8, 4) is 0 Å². The minimum absolute atomic E-state index is 0.768. The fourth-order valence-corrected chi connectivity index (χ4v) is 1.25. The normalized spacial score (nSPS) is 18.2. The molecule has 3 nitrogen and oxygen atoms in total. The van der Waals surface area contributed by atoms with Gasteiger partial charge in [-0.15, -0.1) is 0 Å². The summed E-state index contributed by atoms with van der Waals surface area (Å²) in [5.74, 6) is 0. The van der Waals surface area contributed by atoms with Gasteiger partial charge in [-0.1, -0.05) is 6.42 Å². The predicted octanol–water partition coefficient (Wildman–Crippen LogP) is 1.05. The smallest absolute Gasteiger partial charge is 0.0532 e. The van der Waals surface area contributed by atoms with Gasteiger partial charge in [0.15, 0.2) is 0 Å². The third kappa shape index (κ3) is 1.60. The van der Waals surface area contributed by atoms with Gasteiger partial charge < -0.3 is 5.32 Å². The Balaban J connectivity index is 1.74. The van der Waals surface area contributed by atoms with E-state index >= 15 is 0 Å². The largest absolute Gasteiger partial charge is 0.310 e. The van der Waals surface area contributed by atoms with Crippen LogP contribution in [0.5, 0.6) is 0 Å². The molecule has 0 aromatic carbocycles. The highest BCUT2D eigenvalue weighted by Crippen LogP contribution is 2.18. The lowest BCUT2D eigenvalue weighted by Gasteiger charge is -2.26. The Hall–Kier alpha value is -0.830. The molecule has 0 amide bonds. The zero-order valence-electron chi connectivity index (χ0n) is 6.51. The van der Waals surface area contributed by atoms with Crippen LogP contribution in [0.25, 0.3) is 0 Å². The molecule has 1 aliphatic carbocycles. The van der Waals surface area contributed by atoms with Crippen LogP contribution in [0.1, 0.15) is 24.8 Å². The van der Waals surface area contributed by atoms with Crippen LogP contribution in [0.3, 0.4) is 0 Å². The lowest BCUT2D eigenvalue weighted by Crippen LogP contribution is -2.34. The minimum atomic E-state index is 0.768. The molecule has 0 atom stereocenters. The highest BCUT2D eigenvalue weighted by Gasteiger charge is 2.15. The molecule has 1 aromatic heterocycles. The summed E-state index contributed by atoms with van der Waals surface area (Å²) in [6.07, 6.45) is 7.89. The molecule has 3 heteroatoms. The molecule has 0 unspecified atom stereocenters. The molecular weight excluding hydrogens is 138 g/mol. The zero-order valence-corrected chi connectivity index (χ0v) is 6.51. The van der Waals surface area contributed by atoms with Gasteiger partial charge >= 0.3 is 0 Å². The number of nitrogens with zero attached hydrogens (tertiary/aromatic N) is 1. The first-order valence-corrected chi connectivity index (χ1v) is 4.16. The van der Waals surface area contributed by atoms with Crippen LogP contribution >= 0.6 is 0 Å². The number of hydrogen-bond acceptors (Lipinski definition) is 2. The van der Waals surface area contributed by atoms with Gasteiger partial charge in [0.25, 0.3) is 0 Å². The first-order chi connectivity index (χ1) is 5.45. The van der Waals surface area contributed by atoms with E-state index < -0.39 is 0 Å². The molecule has 0 radical (unpaired) electrons. The topological polar surface area (TPSA) is 40.7 Å². The Labute approximate surface area is 66.2 Å². The highest BCUT2D eigenvalue weighted by atomic mass is 15.1. The summed E-state index contributed by atoms with van der Waals surface area (Å²) in [6, 6.07) is 0.768. The molecule has 1 aliphatic rings. The van der Waals surface area contributed by atoms with Gasteiger partial charge in [0.2, 0.25) is 0 Å². The highest BCUT2D eigenvalue weighted by molar-refractivity contribution is 5.02. The van der Waals surface area contributed by atoms with E-state index in [1.54, 1.807) is 0 Å². The first kappa shape index (κ1) is 6.85. The quantitative estimate of drug-likeness (QED) is 0.678. The maximum atomic E-state index is 3.88. The summed E-state index contributed by atoms with van der Waals surface area (Å²) in [6.45, 7) is 0.959. The third-order valence-electron chi connectivity index (χ3n) is 2.25. The van der Waals surface area contributed by atoms with E-state index in [1.165, 1.54) is 24.8 Å². The molecule has 2 rings (SSSR count). The molecule has 1 fully saturated rings. The second kappa shape index (κ2) is 3.05. The van der Waals surface area contributed by atoms with Crippen molar-refractivity contribution in [1.29, 1.82) is 0 Å². The summed E-state index contributed by atoms with van der Waals surface area (Å²) < 4.78 is 0. The van der Waals surface area contributed by atoms with Crippen LogP contribution in [0, 0.1) is 0 Å². The van der Waals surface area contributed by atoms with Crippen molar-refractivity contribution in [3.63, 3.8) is 0 Å². The fraction of sp³-hybridized carbons (Fsp3) is 0.625. The van der Waals surface area contributed by atoms with Crippen LogP contribution in [-0.2, 0) is 6.54 Å². The summed E-state index contributed by atoms with van der Waals surface area (Å²) >= 11 is 0. The van der Waals surface area contributed by atoms with Crippen molar-refractivity contribution in [3.05, 3.63) is 18.0 Å². The molecule has 1 saturated carbocycles. The lowest BCUT2D eigenvalue weighted by molar-refractivity contribution is 0.338. The summed E-state index contributed by atoms with van der Waals surface area (Å²) in [5.41, 5.74) is 1.25. The summed E-state index contributed by atoms with van der Waals surface area (Å²) in [4.78, 5) is 0. The molecule has 2 N–H and O–H groups in total. The molecule has 1 aromatic rings. The Morgan fingerprint density at radius 3 is 3.09 bits per heavy atom.